The van der Waals surface area contributed by atoms with E-state index in [-0.39, 0.29) is 5.91 Å². The minimum absolute atomic E-state index is 0.222. The minimum atomic E-state index is -0.222. The first-order valence-electron chi connectivity index (χ1n) is 9.32. The highest BCUT2D eigenvalue weighted by Gasteiger charge is 2.12. The van der Waals surface area contributed by atoms with E-state index in [1.807, 2.05) is 44.2 Å². The maximum Gasteiger partial charge on any atom is 0.255 e. The van der Waals surface area contributed by atoms with Crippen LogP contribution in [0.25, 0.3) is 0 Å². The molecule has 1 N–H and O–H groups in total. The van der Waals surface area contributed by atoms with E-state index in [0.29, 0.717) is 28.6 Å². The molecule has 29 heavy (non-hydrogen) atoms. The van der Waals surface area contributed by atoms with Crippen LogP contribution in [0.1, 0.15) is 32.6 Å². The Labute approximate surface area is 176 Å². The Morgan fingerprint density at radius 3 is 2.38 bits per heavy atom. The van der Waals surface area contributed by atoms with E-state index < -0.39 is 0 Å². The monoisotopic (exact) mass is 409 g/mol. The van der Waals surface area contributed by atoms with Gasteiger partial charge in [0.1, 0.15) is 18.1 Å². The first kappa shape index (κ1) is 20.7. The van der Waals surface area contributed by atoms with Gasteiger partial charge in [0.2, 0.25) is 0 Å². The van der Waals surface area contributed by atoms with Gasteiger partial charge in [-0.3, -0.25) is 4.79 Å². The second kappa shape index (κ2) is 9.01. The zero-order chi connectivity index (χ0) is 21.0. The molecule has 0 aliphatic rings. The lowest BCUT2D eigenvalue weighted by atomic mass is 10.1. The zero-order valence-corrected chi connectivity index (χ0v) is 17.8. The van der Waals surface area contributed by atoms with Gasteiger partial charge in [0, 0.05) is 21.8 Å². The number of carbonyl (C=O) groups excluding carboxylic acids is 1. The molecule has 0 aliphatic carbocycles. The Bertz CT molecular complexity index is 1050. The van der Waals surface area contributed by atoms with E-state index in [1.165, 1.54) is 11.1 Å². The molecule has 3 rings (SSSR count). The normalized spacial score (nSPS) is 10.5. The number of amides is 1. The minimum Gasteiger partial charge on any atom is -0.496 e. The predicted molar refractivity (Wildman–Crippen MR) is 117 cm³/mol. The highest BCUT2D eigenvalue weighted by atomic mass is 35.5. The Hall–Kier alpha value is -2.98. The van der Waals surface area contributed by atoms with E-state index in [4.69, 9.17) is 21.1 Å². The van der Waals surface area contributed by atoms with Crippen molar-refractivity contribution in [3.8, 4) is 11.5 Å². The lowest BCUT2D eigenvalue weighted by molar-refractivity contribution is 0.102. The number of halogens is 1. The molecule has 0 bridgehead atoms. The summed E-state index contributed by atoms with van der Waals surface area (Å²) in [6.07, 6.45) is 0. The van der Waals surface area contributed by atoms with Gasteiger partial charge in [0.15, 0.2) is 0 Å². The first-order valence-corrected chi connectivity index (χ1v) is 9.69. The fraction of sp³-hybridized carbons (Fsp3) is 0.208. The molecule has 0 unspecified atom stereocenters. The van der Waals surface area contributed by atoms with Crippen molar-refractivity contribution in [2.75, 3.05) is 12.4 Å². The third kappa shape index (κ3) is 5.09. The second-order valence-corrected chi connectivity index (χ2v) is 7.39. The lowest BCUT2D eigenvalue weighted by Crippen LogP contribution is -2.13. The summed E-state index contributed by atoms with van der Waals surface area (Å²) in [5, 5.41) is 3.48. The van der Waals surface area contributed by atoms with Gasteiger partial charge in [-0.25, -0.2) is 0 Å². The van der Waals surface area contributed by atoms with Crippen molar-refractivity contribution in [3.63, 3.8) is 0 Å². The molecule has 1 amide bonds. The second-order valence-electron chi connectivity index (χ2n) is 6.98. The van der Waals surface area contributed by atoms with Crippen LogP contribution < -0.4 is 14.8 Å². The molecule has 0 atom stereocenters. The van der Waals surface area contributed by atoms with Crippen LogP contribution in [0.4, 0.5) is 5.69 Å². The van der Waals surface area contributed by atoms with E-state index in [9.17, 15) is 4.79 Å². The van der Waals surface area contributed by atoms with Gasteiger partial charge in [0.05, 0.1) is 7.11 Å². The SMILES string of the molecule is COc1ccc(C(=O)Nc2ccc(C)c(Cl)c2)cc1COc1ccc(C)c(C)c1. The molecule has 0 fully saturated rings. The molecule has 5 heteroatoms. The third-order valence-electron chi connectivity index (χ3n) is 4.85. The molecule has 4 nitrogen and oxygen atoms in total. The molecule has 0 heterocycles. The predicted octanol–water partition coefficient (Wildman–Crippen LogP) is 6.11. The van der Waals surface area contributed by atoms with Crippen LogP contribution in [0, 0.1) is 20.8 Å². The topological polar surface area (TPSA) is 47.6 Å². The van der Waals surface area contributed by atoms with E-state index in [1.54, 1.807) is 31.4 Å². The van der Waals surface area contributed by atoms with Gasteiger partial charge >= 0.3 is 0 Å². The van der Waals surface area contributed by atoms with Crippen molar-refractivity contribution < 1.29 is 14.3 Å². The Balaban J connectivity index is 1.77. The molecule has 3 aromatic carbocycles. The van der Waals surface area contributed by atoms with Gasteiger partial charge in [-0.1, -0.05) is 23.7 Å². The molecule has 150 valence electrons. The maximum absolute atomic E-state index is 12.7. The molecule has 0 spiro atoms. The smallest absolute Gasteiger partial charge is 0.255 e. The van der Waals surface area contributed by atoms with Crippen LogP contribution >= 0.6 is 11.6 Å². The number of anilines is 1. The summed E-state index contributed by atoms with van der Waals surface area (Å²) < 4.78 is 11.4. The molecular formula is C24H24ClNO3. The van der Waals surface area contributed by atoms with Crippen LogP contribution in [0.15, 0.2) is 54.6 Å². The Morgan fingerprint density at radius 2 is 1.69 bits per heavy atom. The average Bonchev–Trinajstić information content (AvgIpc) is 2.71. The van der Waals surface area contributed by atoms with E-state index in [2.05, 4.69) is 12.2 Å². The Morgan fingerprint density at radius 1 is 0.931 bits per heavy atom. The van der Waals surface area contributed by atoms with Crippen LogP contribution in [-0.4, -0.2) is 13.0 Å². The number of methoxy groups -OCH3 is 1. The molecule has 0 saturated heterocycles. The number of aryl methyl sites for hydroxylation is 3. The highest BCUT2D eigenvalue weighted by molar-refractivity contribution is 6.31. The summed E-state index contributed by atoms with van der Waals surface area (Å²) >= 11 is 6.14. The van der Waals surface area contributed by atoms with Crippen LogP contribution in [0.2, 0.25) is 5.02 Å². The summed E-state index contributed by atoms with van der Waals surface area (Å²) in [5.74, 6) is 1.23. The quantitative estimate of drug-likeness (QED) is 0.534. The summed E-state index contributed by atoms with van der Waals surface area (Å²) in [6, 6.07) is 16.7. The number of hydrogen-bond donors (Lipinski definition) is 1. The summed E-state index contributed by atoms with van der Waals surface area (Å²) in [5.41, 5.74) is 5.29. The molecule has 0 aromatic heterocycles. The van der Waals surface area contributed by atoms with Crippen molar-refractivity contribution >= 4 is 23.2 Å². The van der Waals surface area contributed by atoms with Crippen molar-refractivity contribution in [2.24, 2.45) is 0 Å². The molecule has 0 radical (unpaired) electrons. The van der Waals surface area contributed by atoms with Crippen molar-refractivity contribution in [2.45, 2.75) is 27.4 Å². The largest absolute Gasteiger partial charge is 0.496 e. The molecule has 0 aliphatic heterocycles. The van der Waals surface area contributed by atoms with E-state index in [0.717, 1.165) is 16.9 Å². The van der Waals surface area contributed by atoms with Crippen molar-refractivity contribution in [3.05, 3.63) is 87.4 Å². The summed E-state index contributed by atoms with van der Waals surface area (Å²) in [7, 11) is 1.60. The highest BCUT2D eigenvalue weighted by Crippen LogP contribution is 2.25. The summed E-state index contributed by atoms with van der Waals surface area (Å²) in [6.45, 7) is 6.32. The number of nitrogens with one attached hydrogen (secondary N) is 1. The fourth-order valence-corrected chi connectivity index (χ4v) is 3.05. The van der Waals surface area contributed by atoms with Gasteiger partial charge in [-0.05, 0) is 79.9 Å². The first-order chi connectivity index (χ1) is 13.9. The fourth-order valence-electron chi connectivity index (χ4n) is 2.87. The van der Waals surface area contributed by atoms with Crippen LogP contribution in [-0.2, 0) is 6.61 Å². The van der Waals surface area contributed by atoms with Crippen LogP contribution in [0.5, 0.6) is 11.5 Å². The number of benzene rings is 3. The van der Waals surface area contributed by atoms with Gasteiger partial charge in [0.25, 0.3) is 5.91 Å². The molecule has 0 saturated carbocycles. The summed E-state index contributed by atoms with van der Waals surface area (Å²) in [4.78, 5) is 12.7. The van der Waals surface area contributed by atoms with Crippen LogP contribution in [0.3, 0.4) is 0 Å². The molecular weight excluding hydrogens is 386 g/mol. The van der Waals surface area contributed by atoms with Gasteiger partial charge in [-0.2, -0.15) is 0 Å². The number of carbonyl (C=O) groups is 1. The van der Waals surface area contributed by atoms with Crippen molar-refractivity contribution in [1.29, 1.82) is 0 Å². The number of hydrogen-bond acceptors (Lipinski definition) is 3. The average molecular weight is 410 g/mol. The Kier molecular flexibility index (Phi) is 6.45. The lowest BCUT2D eigenvalue weighted by Gasteiger charge is -2.13. The number of rotatable bonds is 6. The molecule has 3 aromatic rings. The third-order valence-corrected chi connectivity index (χ3v) is 5.25. The standard InChI is InChI=1S/C24H24ClNO3/c1-15-6-9-21(11-17(15)3)29-14-19-12-18(7-10-23(19)28-4)24(27)26-20-8-5-16(2)22(25)13-20/h5-13H,14H2,1-4H3,(H,26,27). The maximum atomic E-state index is 12.7. The van der Waals surface area contributed by atoms with Crippen molar-refractivity contribution in [1.82, 2.24) is 0 Å². The van der Waals surface area contributed by atoms with E-state index >= 15 is 0 Å². The van der Waals surface area contributed by atoms with Gasteiger partial charge in [-0.15, -0.1) is 0 Å². The number of ether oxygens (including phenoxy) is 2. The van der Waals surface area contributed by atoms with Gasteiger partial charge < -0.3 is 14.8 Å². The zero-order valence-electron chi connectivity index (χ0n) is 17.0.